The molecular formula is C20H23F6NO2S. The monoisotopic (exact) mass is 455 g/mol. The van der Waals surface area contributed by atoms with Gasteiger partial charge in [-0.1, -0.05) is 0 Å². The van der Waals surface area contributed by atoms with Crippen LogP contribution in [0.25, 0.3) is 0 Å². The maximum Gasteiger partial charge on any atom is 0.417 e. The highest BCUT2D eigenvalue weighted by Gasteiger charge is 2.42. The van der Waals surface area contributed by atoms with Crippen molar-refractivity contribution < 1.29 is 35.9 Å². The Bertz CT molecular complexity index is 774. The topological polar surface area (TPSA) is 29.5 Å². The van der Waals surface area contributed by atoms with Crippen molar-refractivity contribution in [2.24, 2.45) is 5.92 Å². The predicted octanol–water partition coefficient (Wildman–Crippen LogP) is 5.52. The molecule has 0 spiro atoms. The number of carbonyl (C=O) groups is 1. The molecule has 1 aromatic rings. The molecule has 0 saturated carbocycles. The zero-order valence-corrected chi connectivity index (χ0v) is 17.2. The molecule has 2 saturated heterocycles. The summed E-state index contributed by atoms with van der Waals surface area (Å²) in [6.07, 6.45) is -6.09. The zero-order valence-electron chi connectivity index (χ0n) is 16.4. The Morgan fingerprint density at radius 1 is 1.13 bits per heavy atom. The standard InChI is InChI=1S/C20H23F6NO2S/c1-30-17-10-13(19(21,22)23)9-14(20(24,25)26)18(17)16(28)8-12-11-29-7-4-15(12)27-5-2-3-6-27/h9-10,12,15H,2-8,11H2,1H3/t12-,15-/m0/s1. The van der Waals surface area contributed by atoms with Gasteiger partial charge in [0, 0.05) is 35.4 Å². The summed E-state index contributed by atoms with van der Waals surface area (Å²) in [5.41, 5.74) is -3.61. The summed E-state index contributed by atoms with van der Waals surface area (Å²) in [5, 5.41) is 0. The van der Waals surface area contributed by atoms with Crippen LogP contribution in [-0.4, -0.2) is 49.3 Å². The van der Waals surface area contributed by atoms with E-state index in [1.807, 2.05) is 0 Å². The lowest BCUT2D eigenvalue weighted by atomic mass is 9.86. The number of carbonyl (C=O) groups excluding carboxylic acids is 1. The van der Waals surface area contributed by atoms with E-state index in [4.69, 9.17) is 4.74 Å². The summed E-state index contributed by atoms with van der Waals surface area (Å²) in [6.45, 7) is 2.53. The van der Waals surface area contributed by atoms with E-state index in [2.05, 4.69) is 4.90 Å². The number of benzene rings is 1. The van der Waals surface area contributed by atoms with Crippen LogP contribution in [0.3, 0.4) is 0 Å². The van der Waals surface area contributed by atoms with E-state index in [-0.39, 0.29) is 35.9 Å². The number of ether oxygens (including phenoxy) is 1. The van der Waals surface area contributed by atoms with Gasteiger partial charge in [0.15, 0.2) is 5.78 Å². The second kappa shape index (κ2) is 9.08. The number of thioether (sulfide) groups is 1. The quantitative estimate of drug-likeness (QED) is 0.332. The van der Waals surface area contributed by atoms with Crippen LogP contribution in [0.15, 0.2) is 17.0 Å². The molecule has 2 fully saturated rings. The molecule has 0 bridgehead atoms. The van der Waals surface area contributed by atoms with Gasteiger partial charge in [-0.15, -0.1) is 11.8 Å². The van der Waals surface area contributed by atoms with Gasteiger partial charge >= 0.3 is 12.4 Å². The highest BCUT2D eigenvalue weighted by Crippen LogP contribution is 2.42. The summed E-state index contributed by atoms with van der Waals surface area (Å²) in [6, 6.07) is 0.705. The van der Waals surface area contributed by atoms with Crippen molar-refractivity contribution in [3.63, 3.8) is 0 Å². The van der Waals surface area contributed by atoms with E-state index < -0.39 is 34.8 Å². The Kier molecular flexibility index (Phi) is 7.08. The Morgan fingerprint density at radius 3 is 2.37 bits per heavy atom. The molecular weight excluding hydrogens is 432 g/mol. The van der Waals surface area contributed by atoms with Gasteiger partial charge in [0.25, 0.3) is 0 Å². The van der Waals surface area contributed by atoms with E-state index in [1.165, 1.54) is 6.26 Å². The van der Waals surface area contributed by atoms with Crippen molar-refractivity contribution in [2.45, 2.75) is 49.0 Å². The molecule has 2 aliphatic heterocycles. The molecule has 2 atom stereocenters. The summed E-state index contributed by atoms with van der Waals surface area (Å²) >= 11 is 0.710. The van der Waals surface area contributed by atoms with Crippen LogP contribution in [-0.2, 0) is 17.1 Å². The van der Waals surface area contributed by atoms with Crippen molar-refractivity contribution in [3.8, 4) is 0 Å². The molecule has 0 N–H and O–H groups in total. The number of nitrogens with zero attached hydrogens (tertiary/aromatic N) is 1. The third kappa shape index (κ3) is 5.13. The van der Waals surface area contributed by atoms with Gasteiger partial charge < -0.3 is 4.74 Å². The van der Waals surface area contributed by atoms with E-state index in [0.717, 1.165) is 25.9 Å². The second-order valence-electron chi connectivity index (χ2n) is 7.66. The molecule has 0 radical (unpaired) electrons. The average molecular weight is 455 g/mol. The van der Waals surface area contributed by atoms with E-state index in [1.54, 1.807) is 0 Å². The smallest absolute Gasteiger partial charge is 0.381 e. The van der Waals surface area contributed by atoms with Crippen LogP contribution in [0.4, 0.5) is 26.3 Å². The minimum absolute atomic E-state index is 0.0340. The summed E-state index contributed by atoms with van der Waals surface area (Å²) in [4.78, 5) is 14.9. The van der Waals surface area contributed by atoms with Crippen LogP contribution < -0.4 is 0 Å². The van der Waals surface area contributed by atoms with Gasteiger partial charge in [0.05, 0.1) is 17.7 Å². The first-order chi connectivity index (χ1) is 14.0. The fourth-order valence-corrected chi connectivity index (χ4v) is 5.00. The third-order valence-corrected chi connectivity index (χ3v) is 6.49. The van der Waals surface area contributed by atoms with Crippen LogP contribution >= 0.6 is 11.8 Å². The zero-order chi connectivity index (χ0) is 22.1. The van der Waals surface area contributed by atoms with Crippen LogP contribution in [0.1, 0.15) is 47.2 Å². The molecule has 0 amide bonds. The molecule has 1 aromatic carbocycles. The van der Waals surface area contributed by atoms with Gasteiger partial charge in [-0.05, 0) is 50.7 Å². The van der Waals surface area contributed by atoms with Crippen molar-refractivity contribution in [1.82, 2.24) is 4.90 Å². The van der Waals surface area contributed by atoms with Crippen molar-refractivity contribution in [1.29, 1.82) is 0 Å². The Hall–Kier alpha value is -1.26. The number of hydrogen-bond acceptors (Lipinski definition) is 4. The average Bonchev–Trinajstić information content (AvgIpc) is 3.20. The van der Waals surface area contributed by atoms with Crippen LogP contribution in [0, 0.1) is 5.92 Å². The van der Waals surface area contributed by atoms with Gasteiger partial charge in [-0.2, -0.15) is 26.3 Å². The van der Waals surface area contributed by atoms with E-state index in [9.17, 15) is 31.1 Å². The normalized spacial score (nSPS) is 23.7. The first-order valence-corrected chi connectivity index (χ1v) is 11.0. The fraction of sp³-hybridized carbons (Fsp3) is 0.650. The van der Waals surface area contributed by atoms with E-state index >= 15 is 0 Å². The Morgan fingerprint density at radius 2 is 1.80 bits per heavy atom. The number of alkyl halides is 6. The first-order valence-electron chi connectivity index (χ1n) is 9.73. The summed E-state index contributed by atoms with van der Waals surface area (Å²) in [5.74, 6) is -1.08. The number of halogens is 6. The van der Waals surface area contributed by atoms with Gasteiger partial charge in [-0.25, -0.2) is 0 Å². The van der Waals surface area contributed by atoms with Crippen molar-refractivity contribution in [3.05, 3.63) is 28.8 Å². The molecule has 168 valence electrons. The first kappa shape index (κ1) is 23.4. The second-order valence-corrected chi connectivity index (χ2v) is 8.51. The number of ketones is 1. The lowest BCUT2D eigenvalue weighted by Crippen LogP contribution is -2.45. The minimum atomic E-state index is -5.08. The van der Waals surface area contributed by atoms with Crippen LogP contribution in [0.5, 0.6) is 0 Å². The number of Topliss-reactive ketones (excluding diaryl/α,β-unsaturated/α-hetero) is 1. The maximum atomic E-state index is 13.6. The SMILES string of the molecule is CSc1cc(C(F)(F)F)cc(C(F)(F)F)c1C(=O)C[C@H]1COCC[C@@H]1N1CCCC1. The maximum absolute atomic E-state index is 13.6. The highest BCUT2D eigenvalue weighted by molar-refractivity contribution is 7.98. The molecule has 30 heavy (non-hydrogen) atoms. The molecule has 0 unspecified atom stereocenters. The third-order valence-electron chi connectivity index (χ3n) is 5.72. The lowest BCUT2D eigenvalue weighted by Gasteiger charge is -2.37. The summed E-state index contributed by atoms with van der Waals surface area (Å²) in [7, 11) is 0. The molecule has 3 rings (SSSR count). The van der Waals surface area contributed by atoms with Gasteiger partial charge in [0.2, 0.25) is 0 Å². The highest BCUT2D eigenvalue weighted by atomic mass is 32.2. The van der Waals surface area contributed by atoms with Gasteiger partial charge in [-0.3, -0.25) is 9.69 Å². The number of likely N-dealkylation sites (tertiary alicyclic amines) is 1. The Labute approximate surface area is 175 Å². The molecule has 2 heterocycles. The molecule has 10 heteroatoms. The Balaban J connectivity index is 1.95. The number of hydrogen-bond donors (Lipinski definition) is 0. The minimum Gasteiger partial charge on any atom is -0.381 e. The number of rotatable bonds is 5. The largest absolute Gasteiger partial charge is 0.417 e. The van der Waals surface area contributed by atoms with Gasteiger partial charge in [0.1, 0.15) is 0 Å². The predicted molar refractivity (Wildman–Crippen MR) is 101 cm³/mol. The molecule has 3 nitrogen and oxygen atoms in total. The summed E-state index contributed by atoms with van der Waals surface area (Å²) < 4.78 is 85.7. The molecule has 0 aliphatic carbocycles. The fourth-order valence-electron chi connectivity index (χ4n) is 4.33. The van der Waals surface area contributed by atoms with E-state index in [0.29, 0.717) is 30.9 Å². The lowest BCUT2D eigenvalue weighted by molar-refractivity contribution is -0.143. The van der Waals surface area contributed by atoms with Crippen LogP contribution in [0.2, 0.25) is 0 Å². The van der Waals surface area contributed by atoms with Crippen molar-refractivity contribution in [2.75, 3.05) is 32.6 Å². The molecule has 2 aliphatic rings. The van der Waals surface area contributed by atoms with Crippen molar-refractivity contribution >= 4 is 17.5 Å². The molecule has 0 aromatic heterocycles.